The Kier molecular flexibility index (Phi) is 5.21. The number of hydrogen-bond donors (Lipinski definition) is 1. The smallest absolute Gasteiger partial charge is 0.266 e. The number of amides is 1. The Labute approximate surface area is 138 Å². The minimum absolute atomic E-state index is 0.0347. The minimum Gasteiger partial charge on any atom is -0.321 e. The van der Waals surface area contributed by atoms with Gasteiger partial charge in [0.15, 0.2) is 0 Å². The summed E-state index contributed by atoms with van der Waals surface area (Å²) in [5.41, 5.74) is 2.10. The summed E-state index contributed by atoms with van der Waals surface area (Å²) in [6.45, 7) is 1.88. The number of carbonyl (C=O) groups excluding carboxylic acids is 1. The maximum atomic E-state index is 12.2. The predicted molar refractivity (Wildman–Crippen MR) is 89.9 cm³/mol. The van der Waals surface area contributed by atoms with E-state index in [1.165, 1.54) is 6.08 Å². The molecule has 3 nitrogen and oxygen atoms in total. The lowest BCUT2D eigenvalue weighted by molar-refractivity contribution is -0.112. The Hall–Kier alpha value is -2.28. The Morgan fingerprint density at radius 1 is 1.23 bits per heavy atom. The molecule has 0 atom stereocenters. The van der Waals surface area contributed by atoms with E-state index in [4.69, 9.17) is 23.2 Å². The Bertz CT molecular complexity index is 791. The zero-order valence-electron chi connectivity index (χ0n) is 11.7. The lowest BCUT2D eigenvalue weighted by Gasteiger charge is -2.07. The van der Waals surface area contributed by atoms with Gasteiger partial charge in [0.25, 0.3) is 5.91 Å². The standard InChI is InChI=1S/C17H12Cl2N2O/c1-11-4-2-3-5-16(11)21-17(22)13(10-20)8-12-6-7-14(18)9-15(12)19/h2-9H,1H3,(H,21,22)/b13-8+. The van der Waals surface area contributed by atoms with Gasteiger partial charge in [0.2, 0.25) is 0 Å². The lowest BCUT2D eigenvalue weighted by Crippen LogP contribution is -2.14. The van der Waals surface area contributed by atoms with Crippen molar-refractivity contribution in [1.82, 2.24) is 0 Å². The van der Waals surface area contributed by atoms with E-state index in [9.17, 15) is 10.1 Å². The van der Waals surface area contributed by atoms with Crippen LogP contribution in [0.1, 0.15) is 11.1 Å². The van der Waals surface area contributed by atoms with Gasteiger partial charge in [-0.15, -0.1) is 0 Å². The molecule has 0 bridgehead atoms. The fourth-order valence-corrected chi connectivity index (χ4v) is 2.29. The van der Waals surface area contributed by atoms with Gasteiger partial charge >= 0.3 is 0 Å². The number of nitrogens with zero attached hydrogens (tertiary/aromatic N) is 1. The highest BCUT2D eigenvalue weighted by Crippen LogP contribution is 2.23. The second-order valence-electron chi connectivity index (χ2n) is 4.60. The van der Waals surface area contributed by atoms with Crippen LogP contribution in [-0.2, 0) is 4.79 Å². The average Bonchev–Trinajstić information content (AvgIpc) is 2.49. The lowest BCUT2D eigenvalue weighted by atomic mass is 10.1. The van der Waals surface area contributed by atoms with E-state index >= 15 is 0 Å². The van der Waals surface area contributed by atoms with Crippen molar-refractivity contribution in [1.29, 1.82) is 5.26 Å². The fraction of sp³-hybridized carbons (Fsp3) is 0.0588. The topological polar surface area (TPSA) is 52.9 Å². The number of hydrogen-bond acceptors (Lipinski definition) is 2. The van der Waals surface area contributed by atoms with Crippen LogP contribution in [0.25, 0.3) is 6.08 Å². The Morgan fingerprint density at radius 2 is 1.95 bits per heavy atom. The molecule has 5 heteroatoms. The van der Waals surface area contributed by atoms with E-state index in [1.807, 2.05) is 31.2 Å². The number of nitrogens with one attached hydrogen (secondary N) is 1. The van der Waals surface area contributed by atoms with Crippen molar-refractivity contribution < 1.29 is 4.79 Å². The van der Waals surface area contributed by atoms with Gasteiger partial charge < -0.3 is 5.32 Å². The molecule has 0 radical (unpaired) electrons. The zero-order chi connectivity index (χ0) is 16.1. The first-order valence-electron chi connectivity index (χ1n) is 6.45. The van der Waals surface area contributed by atoms with Crippen molar-refractivity contribution in [3.8, 4) is 6.07 Å². The van der Waals surface area contributed by atoms with Crippen LogP contribution in [0.4, 0.5) is 5.69 Å². The van der Waals surface area contributed by atoms with Gasteiger partial charge in [0, 0.05) is 15.7 Å². The largest absolute Gasteiger partial charge is 0.321 e. The van der Waals surface area contributed by atoms with Crippen molar-refractivity contribution in [2.75, 3.05) is 5.32 Å². The molecule has 2 aromatic rings. The molecule has 0 aromatic heterocycles. The van der Waals surface area contributed by atoms with E-state index < -0.39 is 5.91 Å². The van der Waals surface area contributed by atoms with Gasteiger partial charge in [-0.25, -0.2) is 0 Å². The molecule has 1 N–H and O–H groups in total. The number of rotatable bonds is 3. The molecule has 0 unspecified atom stereocenters. The maximum absolute atomic E-state index is 12.2. The van der Waals surface area contributed by atoms with Gasteiger partial charge in [-0.3, -0.25) is 4.79 Å². The number of halogens is 2. The van der Waals surface area contributed by atoms with Crippen LogP contribution >= 0.6 is 23.2 Å². The van der Waals surface area contributed by atoms with E-state index in [0.29, 0.717) is 21.3 Å². The van der Waals surface area contributed by atoms with Gasteiger partial charge in [0.1, 0.15) is 11.6 Å². The second kappa shape index (κ2) is 7.13. The number of nitriles is 1. The van der Waals surface area contributed by atoms with Gasteiger partial charge in [-0.2, -0.15) is 5.26 Å². The SMILES string of the molecule is Cc1ccccc1NC(=O)/C(C#N)=C/c1ccc(Cl)cc1Cl. The molecular weight excluding hydrogens is 319 g/mol. The van der Waals surface area contributed by atoms with E-state index in [1.54, 1.807) is 24.3 Å². The van der Waals surface area contributed by atoms with E-state index in [-0.39, 0.29) is 5.57 Å². The van der Waals surface area contributed by atoms with Crippen molar-refractivity contribution in [3.05, 3.63) is 69.2 Å². The average molecular weight is 331 g/mol. The number of carbonyl (C=O) groups is 1. The van der Waals surface area contributed by atoms with Gasteiger partial charge in [-0.1, -0.05) is 47.5 Å². The van der Waals surface area contributed by atoms with Gasteiger partial charge in [-0.05, 0) is 42.3 Å². The Balaban J connectivity index is 2.28. The molecular formula is C17H12Cl2N2O. The molecule has 22 heavy (non-hydrogen) atoms. The summed E-state index contributed by atoms with van der Waals surface area (Å²) in [7, 11) is 0. The predicted octanol–water partition coefficient (Wildman–Crippen LogP) is 4.85. The van der Waals surface area contributed by atoms with Gasteiger partial charge in [0.05, 0.1) is 0 Å². The Morgan fingerprint density at radius 3 is 2.59 bits per heavy atom. The fourth-order valence-electron chi connectivity index (χ4n) is 1.83. The summed E-state index contributed by atoms with van der Waals surface area (Å²) >= 11 is 11.9. The molecule has 1 amide bonds. The highest BCUT2D eigenvalue weighted by Gasteiger charge is 2.11. The summed E-state index contributed by atoms with van der Waals surface area (Å²) in [6.07, 6.45) is 1.44. The third-order valence-electron chi connectivity index (χ3n) is 3.02. The maximum Gasteiger partial charge on any atom is 0.266 e. The molecule has 110 valence electrons. The summed E-state index contributed by atoms with van der Waals surface area (Å²) < 4.78 is 0. The van der Waals surface area contributed by atoms with Crippen LogP contribution in [0.2, 0.25) is 10.0 Å². The van der Waals surface area contributed by atoms with E-state index in [0.717, 1.165) is 5.56 Å². The van der Waals surface area contributed by atoms with Crippen LogP contribution in [0.5, 0.6) is 0 Å². The van der Waals surface area contributed by atoms with Crippen LogP contribution < -0.4 is 5.32 Å². The third kappa shape index (κ3) is 3.88. The van der Waals surface area contributed by atoms with Crippen molar-refractivity contribution >= 4 is 40.9 Å². The van der Waals surface area contributed by atoms with Crippen LogP contribution in [0, 0.1) is 18.3 Å². The number of anilines is 1. The van der Waals surface area contributed by atoms with Crippen molar-refractivity contribution in [2.24, 2.45) is 0 Å². The molecule has 0 saturated heterocycles. The number of para-hydroxylation sites is 1. The van der Waals surface area contributed by atoms with E-state index in [2.05, 4.69) is 5.32 Å². The molecule has 0 spiro atoms. The quantitative estimate of drug-likeness (QED) is 0.646. The molecule has 2 aromatic carbocycles. The van der Waals surface area contributed by atoms with Crippen LogP contribution in [0.15, 0.2) is 48.0 Å². The first-order valence-corrected chi connectivity index (χ1v) is 7.20. The highest BCUT2D eigenvalue weighted by molar-refractivity contribution is 6.35. The number of benzene rings is 2. The van der Waals surface area contributed by atoms with Crippen LogP contribution in [0.3, 0.4) is 0 Å². The summed E-state index contributed by atoms with van der Waals surface area (Å²) in [4.78, 5) is 12.2. The second-order valence-corrected chi connectivity index (χ2v) is 5.45. The minimum atomic E-state index is -0.484. The molecule has 0 heterocycles. The van der Waals surface area contributed by atoms with Crippen molar-refractivity contribution in [2.45, 2.75) is 6.92 Å². The normalized spacial score (nSPS) is 10.9. The summed E-state index contributed by atoms with van der Waals surface area (Å²) in [5.74, 6) is -0.484. The van der Waals surface area contributed by atoms with Crippen molar-refractivity contribution in [3.63, 3.8) is 0 Å². The zero-order valence-corrected chi connectivity index (χ0v) is 13.2. The first-order chi connectivity index (χ1) is 10.5. The monoisotopic (exact) mass is 330 g/mol. The molecule has 0 aliphatic heterocycles. The molecule has 2 rings (SSSR count). The summed E-state index contributed by atoms with van der Waals surface area (Å²) in [6, 6.07) is 14.1. The summed E-state index contributed by atoms with van der Waals surface area (Å²) in [5, 5.41) is 12.8. The molecule has 0 saturated carbocycles. The first kappa shape index (κ1) is 16.1. The molecule has 0 aliphatic rings. The highest BCUT2D eigenvalue weighted by atomic mass is 35.5. The molecule has 0 aliphatic carbocycles. The van der Waals surface area contributed by atoms with Crippen LogP contribution in [-0.4, -0.2) is 5.91 Å². The third-order valence-corrected chi connectivity index (χ3v) is 3.58. The number of aryl methyl sites for hydroxylation is 1. The molecule has 0 fully saturated rings.